The zero-order valence-corrected chi connectivity index (χ0v) is 7.82. The SMILES string of the molecule is CC(C)C(O)CN(C)CC(=O)O. The molecule has 72 valence electrons. The van der Waals surface area contributed by atoms with E-state index in [2.05, 4.69) is 0 Å². The first kappa shape index (κ1) is 11.4. The molecule has 0 heterocycles. The molecule has 0 bridgehead atoms. The molecule has 0 aromatic carbocycles. The zero-order valence-electron chi connectivity index (χ0n) is 7.82. The van der Waals surface area contributed by atoms with Gasteiger partial charge in [-0.3, -0.25) is 9.69 Å². The van der Waals surface area contributed by atoms with Gasteiger partial charge in [0.05, 0.1) is 12.6 Å². The molecular weight excluding hydrogens is 158 g/mol. The van der Waals surface area contributed by atoms with E-state index in [1.807, 2.05) is 13.8 Å². The Hall–Kier alpha value is -0.610. The van der Waals surface area contributed by atoms with Crippen molar-refractivity contribution in [2.75, 3.05) is 20.1 Å². The summed E-state index contributed by atoms with van der Waals surface area (Å²) < 4.78 is 0. The summed E-state index contributed by atoms with van der Waals surface area (Å²) in [7, 11) is 1.68. The lowest BCUT2D eigenvalue weighted by atomic mass is 10.1. The highest BCUT2D eigenvalue weighted by Crippen LogP contribution is 2.01. The second kappa shape index (κ2) is 5.11. The number of likely N-dealkylation sites (N-methyl/N-ethyl adjacent to an activating group) is 1. The van der Waals surface area contributed by atoms with Crippen LogP contribution in [0.3, 0.4) is 0 Å². The largest absolute Gasteiger partial charge is 0.480 e. The highest BCUT2D eigenvalue weighted by Gasteiger charge is 2.13. The Morgan fingerprint density at radius 1 is 1.50 bits per heavy atom. The molecule has 0 aromatic rings. The molecule has 0 saturated carbocycles. The summed E-state index contributed by atoms with van der Waals surface area (Å²) in [6, 6.07) is 0. The second-order valence-electron chi connectivity index (χ2n) is 3.40. The van der Waals surface area contributed by atoms with E-state index in [1.165, 1.54) is 0 Å². The Kier molecular flexibility index (Phi) is 4.85. The van der Waals surface area contributed by atoms with Gasteiger partial charge < -0.3 is 10.2 Å². The van der Waals surface area contributed by atoms with Crippen LogP contribution in [-0.4, -0.2) is 47.3 Å². The molecule has 1 atom stereocenters. The van der Waals surface area contributed by atoms with Crippen LogP contribution in [0.2, 0.25) is 0 Å². The van der Waals surface area contributed by atoms with Gasteiger partial charge in [0.2, 0.25) is 0 Å². The molecule has 4 nitrogen and oxygen atoms in total. The van der Waals surface area contributed by atoms with Gasteiger partial charge in [0.1, 0.15) is 0 Å². The average Bonchev–Trinajstić information content (AvgIpc) is 1.84. The molecule has 0 aromatic heterocycles. The van der Waals surface area contributed by atoms with Crippen molar-refractivity contribution < 1.29 is 15.0 Å². The summed E-state index contributed by atoms with van der Waals surface area (Å²) in [6.45, 7) is 4.19. The minimum atomic E-state index is -0.867. The van der Waals surface area contributed by atoms with Gasteiger partial charge in [-0.25, -0.2) is 0 Å². The maximum Gasteiger partial charge on any atom is 0.317 e. The predicted octanol–water partition coefficient (Wildman–Crippen LogP) is 0.0197. The number of aliphatic hydroxyl groups excluding tert-OH is 1. The van der Waals surface area contributed by atoms with Crippen LogP contribution in [0.5, 0.6) is 0 Å². The summed E-state index contributed by atoms with van der Waals surface area (Å²) in [5.41, 5.74) is 0. The Balaban J connectivity index is 3.68. The molecule has 0 radical (unpaired) electrons. The van der Waals surface area contributed by atoms with E-state index in [0.29, 0.717) is 6.54 Å². The van der Waals surface area contributed by atoms with E-state index in [9.17, 15) is 9.90 Å². The Labute approximate surface area is 72.8 Å². The van der Waals surface area contributed by atoms with Gasteiger partial charge in [-0.15, -0.1) is 0 Å². The number of carbonyl (C=O) groups is 1. The molecule has 0 aliphatic carbocycles. The third-order valence-electron chi connectivity index (χ3n) is 1.67. The van der Waals surface area contributed by atoms with E-state index in [1.54, 1.807) is 11.9 Å². The standard InChI is InChI=1S/C8H17NO3/c1-6(2)7(10)4-9(3)5-8(11)12/h6-7,10H,4-5H2,1-3H3,(H,11,12). The lowest BCUT2D eigenvalue weighted by Crippen LogP contribution is -2.35. The van der Waals surface area contributed by atoms with Crippen molar-refractivity contribution in [3.8, 4) is 0 Å². The zero-order chi connectivity index (χ0) is 9.72. The lowest BCUT2D eigenvalue weighted by molar-refractivity contribution is -0.138. The molecule has 0 amide bonds. The van der Waals surface area contributed by atoms with Crippen molar-refractivity contribution in [2.24, 2.45) is 5.92 Å². The van der Waals surface area contributed by atoms with Crippen LogP contribution in [0.15, 0.2) is 0 Å². The third kappa shape index (κ3) is 5.09. The second-order valence-corrected chi connectivity index (χ2v) is 3.40. The van der Waals surface area contributed by atoms with E-state index < -0.39 is 12.1 Å². The van der Waals surface area contributed by atoms with Gasteiger partial charge >= 0.3 is 5.97 Å². The van der Waals surface area contributed by atoms with Crippen molar-refractivity contribution in [1.29, 1.82) is 0 Å². The van der Waals surface area contributed by atoms with E-state index in [0.717, 1.165) is 0 Å². The fourth-order valence-corrected chi connectivity index (χ4v) is 0.826. The molecule has 2 N–H and O–H groups in total. The van der Waals surface area contributed by atoms with Crippen LogP contribution in [-0.2, 0) is 4.79 Å². The quantitative estimate of drug-likeness (QED) is 0.618. The minimum absolute atomic E-state index is 0.0240. The fourth-order valence-electron chi connectivity index (χ4n) is 0.826. The number of aliphatic carboxylic acids is 1. The highest BCUT2D eigenvalue weighted by atomic mass is 16.4. The van der Waals surface area contributed by atoms with Gasteiger partial charge in [-0.2, -0.15) is 0 Å². The molecule has 0 fully saturated rings. The van der Waals surface area contributed by atoms with Crippen LogP contribution in [0.4, 0.5) is 0 Å². The number of carboxylic acids is 1. The van der Waals surface area contributed by atoms with Crippen LogP contribution in [0, 0.1) is 5.92 Å². The van der Waals surface area contributed by atoms with Gasteiger partial charge in [0.25, 0.3) is 0 Å². The van der Waals surface area contributed by atoms with Crippen molar-refractivity contribution in [3.63, 3.8) is 0 Å². The van der Waals surface area contributed by atoms with Crippen molar-refractivity contribution in [3.05, 3.63) is 0 Å². The molecule has 4 heteroatoms. The number of hydrogen-bond acceptors (Lipinski definition) is 3. The van der Waals surface area contributed by atoms with Gasteiger partial charge in [0, 0.05) is 6.54 Å². The topological polar surface area (TPSA) is 60.8 Å². The fraction of sp³-hybridized carbons (Fsp3) is 0.875. The Morgan fingerprint density at radius 3 is 2.33 bits per heavy atom. The number of nitrogens with zero attached hydrogens (tertiary/aromatic N) is 1. The highest BCUT2D eigenvalue weighted by molar-refractivity contribution is 5.68. The van der Waals surface area contributed by atoms with Crippen LogP contribution >= 0.6 is 0 Å². The maximum absolute atomic E-state index is 10.2. The first-order valence-corrected chi connectivity index (χ1v) is 4.02. The number of rotatable bonds is 5. The van der Waals surface area contributed by atoms with Crippen LogP contribution in [0.25, 0.3) is 0 Å². The molecule has 0 rings (SSSR count). The van der Waals surface area contributed by atoms with E-state index in [-0.39, 0.29) is 12.5 Å². The van der Waals surface area contributed by atoms with Gasteiger partial charge in [0.15, 0.2) is 0 Å². The average molecular weight is 175 g/mol. The van der Waals surface area contributed by atoms with Crippen LogP contribution in [0.1, 0.15) is 13.8 Å². The van der Waals surface area contributed by atoms with Crippen molar-refractivity contribution in [2.45, 2.75) is 20.0 Å². The summed E-state index contributed by atoms with van der Waals surface area (Å²) >= 11 is 0. The number of carboxylic acid groups (broad SMARTS) is 1. The van der Waals surface area contributed by atoms with Crippen LogP contribution < -0.4 is 0 Å². The number of hydrogen-bond donors (Lipinski definition) is 2. The smallest absolute Gasteiger partial charge is 0.317 e. The molecule has 12 heavy (non-hydrogen) atoms. The van der Waals surface area contributed by atoms with Gasteiger partial charge in [-0.05, 0) is 13.0 Å². The van der Waals surface area contributed by atoms with E-state index in [4.69, 9.17) is 5.11 Å². The number of aliphatic hydroxyl groups is 1. The lowest BCUT2D eigenvalue weighted by Gasteiger charge is -2.20. The van der Waals surface area contributed by atoms with E-state index >= 15 is 0 Å². The molecule has 1 unspecified atom stereocenters. The minimum Gasteiger partial charge on any atom is -0.480 e. The Bertz CT molecular complexity index is 147. The molecule has 0 saturated heterocycles. The summed E-state index contributed by atoms with van der Waals surface area (Å²) in [6.07, 6.45) is -0.450. The first-order chi connectivity index (χ1) is 5.43. The molecule has 0 aliphatic rings. The van der Waals surface area contributed by atoms with Crippen molar-refractivity contribution in [1.82, 2.24) is 4.90 Å². The predicted molar refractivity (Wildman–Crippen MR) is 46.0 cm³/mol. The molecule has 0 spiro atoms. The summed E-state index contributed by atoms with van der Waals surface area (Å²) in [5.74, 6) is -0.699. The molecular formula is C8H17NO3. The normalized spacial score (nSPS) is 13.8. The summed E-state index contributed by atoms with van der Waals surface area (Å²) in [4.78, 5) is 11.8. The Morgan fingerprint density at radius 2 is 2.00 bits per heavy atom. The maximum atomic E-state index is 10.2. The third-order valence-corrected chi connectivity index (χ3v) is 1.67. The molecule has 0 aliphatic heterocycles. The van der Waals surface area contributed by atoms with Crippen molar-refractivity contribution >= 4 is 5.97 Å². The monoisotopic (exact) mass is 175 g/mol. The first-order valence-electron chi connectivity index (χ1n) is 4.02. The van der Waals surface area contributed by atoms with Gasteiger partial charge in [-0.1, -0.05) is 13.8 Å². The summed E-state index contributed by atoms with van der Waals surface area (Å²) in [5, 5.41) is 17.8.